The zero-order chi connectivity index (χ0) is 22.5. The summed E-state index contributed by atoms with van der Waals surface area (Å²) in [5.41, 5.74) is 3.45. The smallest absolute Gasteiger partial charge is 0.341 e. The van der Waals surface area contributed by atoms with Crippen LogP contribution in [0.4, 0.5) is 5.00 Å². The average molecular weight is 442 g/mol. The van der Waals surface area contributed by atoms with E-state index in [-0.39, 0.29) is 12.5 Å². The molecule has 0 spiro atoms. The summed E-state index contributed by atoms with van der Waals surface area (Å²) in [5.74, 6) is -3.32. The van der Waals surface area contributed by atoms with E-state index in [2.05, 4.69) is 5.32 Å². The summed E-state index contributed by atoms with van der Waals surface area (Å²) >= 11 is 1.32. The monoisotopic (exact) mass is 441 g/mol. The maximum atomic E-state index is 13.1. The van der Waals surface area contributed by atoms with Crippen LogP contribution in [0.15, 0.2) is 47.5 Å². The van der Waals surface area contributed by atoms with Crippen LogP contribution in [-0.4, -0.2) is 29.6 Å². The molecule has 0 radical (unpaired) electrons. The maximum absolute atomic E-state index is 13.1. The molecule has 0 saturated carbocycles. The molecule has 3 rings (SSSR count). The lowest BCUT2D eigenvalue weighted by molar-refractivity contribution is -0.146. The molecule has 0 saturated heterocycles. The summed E-state index contributed by atoms with van der Waals surface area (Å²) in [7, 11) is 0. The number of rotatable bonds is 7. The Kier molecular flexibility index (Phi) is 7.28. The van der Waals surface area contributed by atoms with Crippen molar-refractivity contribution in [3.8, 4) is 0 Å². The summed E-state index contributed by atoms with van der Waals surface area (Å²) in [5, 5.41) is 12.9. The van der Waals surface area contributed by atoms with Crippen molar-refractivity contribution >= 4 is 34.2 Å². The second-order valence-corrected chi connectivity index (χ2v) is 8.98. The first-order valence-electron chi connectivity index (χ1n) is 10.3. The number of carboxylic acid groups (broad SMARTS) is 1. The van der Waals surface area contributed by atoms with E-state index >= 15 is 0 Å². The number of esters is 1. The number of carboxylic acids is 1. The molecule has 1 aliphatic rings. The number of carbonyl (C=O) groups is 3. The number of ether oxygens (including phenoxy) is 1. The molecule has 0 fully saturated rings. The van der Waals surface area contributed by atoms with Crippen LogP contribution < -0.4 is 5.32 Å². The molecule has 1 aliphatic carbocycles. The van der Waals surface area contributed by atoms with E-state index in [0.717, 1.165) is 21.6 Å². The Morgan fingerprint density at radius 3 is 2.35 bits per heavy atom. The molecule has 0 aliphatic heterocycles. The van der Waals surface area contributed by atoms with Gasteiger partial charge < -0.3 is 15.2 Å². The first-order chi connectivity index (χ1) is 14.8. The molecule has 1 amide bonds. The minimum absolute atomic E-state index is 0.225. The molecule has 7 heteroatoms. The van der Waals surface area contributed by atoms with Crippen LogP contribution in [0.2, 0.25) is 0 Å². The Labute approximate surface area is 185 Å². The van der Waals surface area contributed by atoms with Gasteiger partial charge in [-0.3, -0.25) is 9.59 Å². The van der Waals surface area contributed by atoms with Gasteiger partial charge in [-0.05, 0) is 45.2 Å². The number of hydrogen-bond donors (Lipinski definition) is 2. The molecule has 0 bridgehead atoms. The predicted octanol–water partition coefficient (Wildman–Crippen LogP) is 4.90. The largest absolute Gasteiger partial charge is 0.481 e. The quantitative estimate of drug-likeness (QED) is 0.471. The predicted molar refractivity (Wildman–Crippen MR) is 120 cm³/mol. The normalized spacial score (nSPS) is 18.5. The second kappa shape index (κ2) is 9.92. The van der Waals surface area contributed by atoms with Crippen LogP contribution in [0.3, 0.4) is 0 Å². The van der Waals surface area contributed by atoms with Gasteiger partial charge in [-0.25, -0.2) is 4.79 Å². The summed E-state index contributed by atoms with van der Waals surface area (Å²) in [6.45, 7) is 5.79. The fourth-order valence-corrected chi connectivity index (χ4v) is 4.89. The van der Waals surface area contributed by atoms with Crippen LogP contribution in [0.1, 0.15) is 54.4 Å². The lowest BCUT2D eigenvalue weighted by Gasteiger charge is -2.29. The van der Waals surface area contributed by atoms with E-state index in [9.17, 15) is 19.5 Å². The summed E-state index contributed by atoms with van der Waals surface area (Å²) in [6.07, 6.45) is 1.37. The third kappa shape index (κ3) is 5.41. The average Bonchev–Trinajstić information content (AvgIpc) is 3.12. The zero-order valence-electron chi connectivity index (χ0n) is 17.9. The number of anilines is 1. The van der Waals surface area contributed by atoms with Gasteiger partial charge in [-0.1, -0.05) is 41.5 Å². The first-order valence-corrected chi connectivity index (χ1v) is 11.1. The highest BCUT2D eigenvalue weighted by molar-refractivity contribution is 7.16. The van der Waals surface area contributed by atoms with Gasteiger partial charge >= 0.3 is 11.9 Å². The number of nitrogens with one attached hydrogen (secondary N) is 1. The number of carbonyl (C=O) groups excluding carboxylic acids is 2. The highest BCUT2D eigenvalue weighted by Gasteiger charge is 2.37. The number of thiophene rings is 1. The minimum Gasteiger partial charge on any atom is -0.481 e. The molecule has 1 aromatic heterocycles. The number of allylic oxidation sites excluding steroid dienone is 2. The van der Waals surface area contributed by atoms with Crippen molar-refractivity contribution in [2.45, 2.75) is 40.0 Å². The van der Waals surface area contributed by atoms with Crippen LogP contribution in [0, 0.1) is 11.8 Å². The number of benzene rings is 1. The van der Waals surface area contributed by atoms with E-state index in [1.165, 1.54) is 11.3 Å². The Morgan fingerprint density at radius 1 is 1.10 bits per heavy atom. The van der Waals surface area contributed by atoms with Crippen molar-refractivity contribution in [1.82, 2.24) is 0 Å². The van der Waals surface area contributed by atoms with E-state index in [1.54, 1.807) is 13.0 Å². The molecule has 6 nitrogen and oxygen atoms in total. The van der Waals surface area contributed by atoms with Crippen LogP contribution >= 0.6 is 11.3 Å². The minimum atomic E-state index is -0.978. The van der Waals surface area contributed by atoms with Crippen LogP contribution in [0.5, 0.6) is 0 Å². The second-order valence-electron chi connectivity index (χ2n) is 7.85. The Morgan fingerprint density at radius 2 is 1.74 bits per heavy atom. The lowest BCUT2D eigenvalue weighted by Crippen LogP contribution is -2.36. The van der Waals surface area contributed by atoms with Gasteiger partial charge in [0.1, 0.15) is 5.00 Å². The van der Waals surface area contributed by atoms with Gasteiger partial charge in [-0.2, -0.15) is 0 Å². The molecule has 2 N–H and O–H groups in total. The maximum Gasteiger partial charge on any atom is 0.341 e. The lowest BCUT2D eigenvalue weighted by atomic mass is 9.76. The SMILES string of the molecule is CCOC(=O)c1cc(Cc2ccccc2)sc1NC(=O)[C@H]1CC(C)=C(C)C[C@H]1C(=O)O. The zero-order valence-corrected chi connectivity index (χ0v) is 18.8. The summed E-state index contributed by atoms with van der Waals surface area (Å²) in [4.78, 5) is 38.3. The van der Waals surface area contributed by atoms with E-state index in [4.69, 9.17) is 4.74 Å². The molecule has 2 aromatic rings. The van der Waals surface area contributed by atoms with Crippen molar-refractivity contribution < 1.29 is 24.2 Å². The third-order valence-electron chi connectivity index (χ3n) is 5.66. The fourth-order valence-electron chi connectivity index (χ4n) is 3.81. The van der Waals surface area contributed by atoms with Crippen molar-refractivity contribution in [2.24, 2.45) is 11.8 Å². The van der Waals surface area contributed by atoms with Crippen molar-refractivity contribution in [3.63, 3.8) is 0 Å². The number of aliphatic carboxylic acids is 1. The molecule has 2 atom stereocenters. The topological polar surface area (TPSA) is 92.7 Å². The Balaban J connectivity index is 1.87. The van der Waals surface area contributed by atoms with Gasteiger partial charge in [0.15, 0.2) is 0 Å². The number of hydrogen-bond acceptors (Lipinski definition) is 5. The highest BCUT2D eigenvalue weighted by Crippen LogP contribution is 2.37. The van der Waals surface area contributed by atoms with Crippen molar-refractivity contribution in [1.29, 1.82) is 0 Å². The highest BCUT2D eigenvalue weighted by atomic mass is 32.1. The van der Waals surface area contributed by atoms with Gasteiger partial charge in [0, 0.05) is 11.3 Å². The van der Waals surface area contributed by atoms with E-state index in [0.29, 0.717) is 29.8 Å². The van der Waals surface area contributed by atoms with Crippen LogP contribution in [-0.2, 0) is 20.7 Å². The Bertz CT molecular complexity index is 1010. The van der Waals surface area contributed by atoms with Crippen molar-refractivity contribution in [3.05, 3.63) is 63.5 Å². The fraction of sp³-hybridized carbons (Fsp3) is 0.375. The molecular formula is C24H27NO5S. The van der Waals surface area contributed by atoms with E-state index in [1.807, 2.05) is 44.2 Å². The van der Waals surface area contributed by atoms with Gasteiger partial charge in [-0.15, -0.1) is 11.3 Å². The van der Waals surface area contributed by atoms with Crippen LogP contribution in [0.25, 0.3) is 0 Å². The van der Waals surface area contributed by atoms with Gasteiger partial charge in [0.2, 0.25) is 5.91 Å². The summed E-state index contributed by atoms with van der Waals surface area (Å²) < 4.78 is 5.16. The molecule has 1 aromatic carbocycles. The first kappa shape index (κ1) is 22.7. The number of amides is 1. The molecule has 1 heterocycles. The van der Waals surface area contributed by atoms with Gasteiger partial charge in [0.25, 0.3) is 0 Å². The van der Waals surface area contributed by atoms with E-state index < -0.39 is 23.8 Å². The molecule has 0 unspecified atom stereocenters. The third-order valence-corrected chi connectivity index (χ3v) is 6.71. The molecular weight excluding hydrogens is 414 g/mol. The molecule has 164 valence electrons. The summed E-state index contributed by atoms with van der Waals surface area (Å²) in [6, 6.07) is 11.6. The van der Waals surface area contributed by atoms with Crippen molar-refractivity contribution in [2.75, 3.05) is 11.9 Å². The molecule has 31 heavy (non-hydrogen) atoms. The van der Waals surface area contributed by atoms with Gasteiger partial charge in [0.05, 0.1) is 24.0 Å². The standard InChI is InChI=1S/C24H27NO5S/c1-4-30-24(29)20-13-17(12-16-8-6-5-7-9-16)31-22(20)25-21(26)18-10-14(2)15(3)11-19(18)23(27)28/h5-9,13,18-19H,4,10-12H2,1-3H3,(H,25,26)(H,27,28)/t18-,19+/m0/s1. The Hall–Kier alpha value is -2.93.